The molecule has 2 aromatic carbocycles. The molecule has 0 aliphatic carbocycles. The molecule has 0 aliphatic rings. The molecule has 160 valence electrons. The number of carbonyl (C=O) groups is 2. The number of phenolic OH excluding ortho intramolecular Hbond substituents is 1. The van der Waals surface area contributed by atoms with Gasteiger partial charge < -0.3 is 15.2 Å². The lowest BCUT2D eigenvalue weighted by Crippen LogP contribution is -2.14. The van der Waals surface area contributed by atoms with Crippen LogP contribution in [0.15, 0.2) is 47.4 Å². The van der Waals surface area contributed by atoms with E-state index in [0.717, 1.165) is 6.26 Å². The highest BCUT2D eigenvalue weighted by Crippen LogP contribution is 2.30. The summed E-state index contributed by atoms with van der Waals surface area (Å²) in [7, 11) is -3.58. The fourth-order valence-electron chi connectivity index (χ4n) is 2.03. The standard InChI is InChI=1S/C17H17NO6S.2C2H6/c1-11(19)9-17(21)18-12-3-5-13(6-4-12)24-14-7-8-15(20)16(10-14)25(2,22)23;2*1-2/h3-8,10,20H,9H2,1-2H3,(H,18,21);2*1-2H3. The highest BCUT2D eigenvalue weighted by molar-refractivity contribution is 7.90. The van der Waals surface area contributed by atoms with Crippen LogP contribution in [0.2, 0.25) is 0 Å². The summed E-state index contributed by atoms with van der Waals surface area (Å²) in [4.78, 5) is 22.2. The van der Waals surface area contributed by atoms with E-state index in [4.69, 9.17) is 4.74 Å². The molecule has 7 nitrogen and oxygen atoms in total. The summed E-state index contributed by atoms with van der Waals surface area (Å²) >= 11 is 0. The molecule has 0 aromatic heterocycles. The van der Waals surface area contributed by atoms with Gasteiger partial charge in [0.25, 0.3) is 0 Å². The van der Waals surface area contributed by atoms with Crippen LogP contribution in [0, 0.1) is 0 Å². The lowest BCUT2D eigenvalue weighted by Gasteiger charge is -2.09. The zero-order valence-corrected chi connectivity index (χ0v) is 18.5. The van der Waals surface area contributed by atoms with E-state index in [1.807, 2.05) is 27.7 Å². The lowest BCUT2D eigenvalue weighted by molar-refractivity contribution is -0.124. The summed E-state index contributed by atoms with van der Waals surface area (Å²) in [5.41, 5.74) is 0.501. The van der Waals surface area contributed by atoms with E-state index in [2.05, 4.69) is 5.32 Å². The third-order valence-corrected chi connectivity index (χ3v) is 4.24. The van der Waals surface area contributed by atoms with Crippen LogP contribution >= 0.6 is 0 Å². The van der Waals surface area contributed by atoms with Crippen molar-refractivity contribution >= 4 is 27.2 Å². The number of rotatable bonds is 6. The number of hydrogen-bond acceptors (Lipinski definition) is 6. The fraction of sp³-hybridized carbons (Fsp3) is 0.333. The van der Waals surface area contributed by atoms with Crippen molar-refractivity contribution in [1.29, 1.82) is 0 Å². The molecule has 2 rings (SSSR count). The molecular weight excluding hydrogens is 394 g/mol. The molecule has 0 unspecified atom stereocenters. The van der Waals surface area contributed by atoms with Gasteiger partial charge in [-0.2, -0.15) is 0 Å². The normalized spacial score (nSPS) is 9.86. The van der Waals surface area contributed by atoms with Crippen molar-refractivity contribution in [3.05, 3.63) is 42.5 Å². The molecule has 0 spiro atoms. The largest absolute Gasteiger partial charge is 0.507 e. The summed E-state index contributed by atoms with van der Waals surface area (Å²) in [5, 5.41) is 12.2. The number of anilines is 1. The van der Waals surface area contributed by atoms with Crippen LogP contribution in [-0.2, 0) is 19.4 Å². The zero-order chi connectivity index (χ0) is 22.6. The van der Waals surface area contributed by atoms with Gasteiger partial charge in [0.1, 0.15) is 27.9 Å². The lowest BCUT2D eigenvalue weighted by atomic mass is 10.2. The molecule has 0 atom stereocenters. The van der Waals surface area contributed by atoms with Gasteiger partial charge in [-0.15, -0.1) is 0 Å². The molecule has 0 aliphatic heterocycles. The number of amides is 1. The third-order valence-electron chi connectivity index (χ3n) is 3.11. The van der Waals surface area contributed by atoms with Gasteiger partial charge in [-0.05, 0) is 43.3 Å². The van der Waals surface area contributed by atoms with Crippen molar-refractivity contribution in [3.8, 4) is 17.2 Å². The Morgan fingerprint density at radius 1 is 0.966 bits per heavy atom. The smallest absolute Gasteiger partial charge is 0.231 e. The van der Waals surface area contributed by atoms with Crippen LogP contribution < -0.4 is 10.1 Å². The number of ether oxygens (including phenoxy) is 1. The molecule has 2 N–H and O–H groups in total. The van der Waals surface area contributed by atoms with Crippen LogP contribution in [0.4, 0.5) is 5.69 Å². The van der Waals surface area contributed by atoms with E-state index in [-0.39, 0.29) is 28.6 Å². The Morgan fingerprint density at radius 2 is 1.48 bits per heavy atom. The van der Waals surface area contributed by atoms with Crippen LogP contribution in [0.1, 0.15) is 41.0 Å². The number of hydrogen-bond donors (Lipinski definition) is 2. The summed E-state index contributed by atoms with van der Waals surface area (Å²) in [6, 6.07) is 10.2. The number of sulfone groups is 1. The number of nitrogens with one attached hydrogen (secondary N) is 1. The first-order valence-corrected chi connectivity index (χ1v) is 11.1. The van der Waals surface area contributed by atoms with Crippen molar-refractivity contribution in [2.75, 3.05) is 11.6 Å². The molecule has 0 saturated carbocycles. The Kier molecular flexibility index (Phi) is 11.3. The minimum Gasteiger partial charge on any atom is -0.507 e. The van der Waals surface area contributed by atoms with Crippen molar-refractivity contribution in [3.63, 3.8) is 0 Å². The number of ketones is 1. The van der Waals surface area contributed by atoms with E-state index in [9.17, 15) is 23.1 Å². The Balaban J connectivity index is 0.00000184. The maximum absolute atomic E-state index is 11.6. The second kappa shape index (κ2) is 12.6. The topological polar surface area (TPSA) is 110 Å². The number of Topliss-reactive ketones (excluding diaryl/α,β-unsaturated/α-hetero) is 1. The Bertz CT molecular complexity index is 905. The first kappa shape index (κ1) is 26.1. The molecule has 0 saturated heterocycles. The van der Waals surface area contributed by atoms with E-state index in [1.165, 1.54) is 25.1 Å². The van der Waals surface area contributed by atoms with E-state index in [1.54, 1.807) is 24.3 Å². The van der Waals surface area contributed by atoms with Crippen LogP contribution in [0.5, 0.6) is 17.2 Å². The van der Waals surface area contributed by atoms with Gasteiger partial charge in [0, 0.05) is 18.0 Å². The molecule has 0 bridgehead atoms. The van der Waals surface area contributed by atoms with E-state index < -0.39 is 15.7 Å². The molecule has 0 fully saturated rings. The number of benzene rings is 2. The average molecular weight is 424 g/mol. The van der Waals surface area contributed by atoms with E-state index >= 15 is 0 Å². The van der Waals surface area contributed by atoms with Gasteiger partial charge in [-0.25, -0.2) is 8.42 Å². The quantitative estimate of drug-likeness (QED) is 0.659. The summed E-state index contributed by atoms with van der Waals surface area (Å²) in [6.45, 7) is 9.33. The maximum Gasteiger partial charge on any atom is 0.231 e. The molecule has 0 radical (unpaired) electrons. The monoisotopic (exact) mass is 423 g/mol. The van der Waals surface area contributed by atoms with Gasteiger partial charge in [0.2, 0.25) is 5.91 Å². The van der Waals surface area contributed by atoms with Crippen LogP contribution in [0.25, 0.3) is 0 Å². The van der Waals surface area contributed by atoms with Crippen molar-refractivity contribution in [2.45, 2.75) is 45.9 Å². The molecular formula is C21H29NO6S. The minimum absolute atomic E-state index is 0.194. The Labute approximate surface area is 172 Å². The highest BCUT2D eigenvalue weighted by atomic mass is 32.2. The molecule has 29 heavy (non-hydrogen) atoms. The van der Waals surface area contributed by atoms with Gasteiger partial charge in [-0.1, -0.05) is 27.7 Å². The molecule has 1 amide bonds. The molecule has 2 aromatic rings. The minimum atomic E-state index is -3.58. The summed E-state index contributed by atoms with van der Waals surface area (Å²) < 4.78 is 28.8. The van der Waals surface area contributed by atoms with Crippen molar-refractivity contribution in [2.24, 2.45) is 0 Å². The fourth-order valence-corrected chi connectivity index (χ4v) is 2.81. The average Bonchev–Trinajstić information content (AvgIpc) is 2.66. The summed E-state index contributed by atoms with van der Waals surface area (Å²) in [5.74, 6) is -0.330. The number of phenols is 1. The van der Waals surface area contributed by atoms with Crippen LogP contribution in [-0.4, -0.2) is 31.5 Å². The van der Waals surface area contributed by atoms with Crippen LogP contribution in [0.3, 0.4) is 0 Å². The number of carbonyl (C=O) groups excluding carboxylic acids is 2. The second-order valence-corrected chi connectivity index (χ2v) is 7.44. The first-order chi connectivity index (χ1) is 13.6. The first-order valence-electron chi connectivity index (χ1n) is 9.25. The van der Waals surface area contributed by atoms with Gasteiger partial charge in [0.15, 0.2) is 9.84 Å². The SMILES string of the molecule is CC.CC.CC(=O)CC(=O)Nc1ccc(Oc2ccc(O)c(S(C)(=O)=O)c2)cc1. The summed E-state index contributed by atoms with van der Waals surface area (Å²) in [6.07, 6.45) is 0.796. The second-order valence-electron chi connectivity index (χ2n) is 5.46. The Morgan fingerprint density at radius 3 is 1.97 bits per heavy atom. The van der Waals surface area contributed by atoms with E-state index in [0.29, 0.717) is 11.4 Å². The Hall–Kier alpha value is -2.87. The van der Waals surface area contributed by atoms with Crippen molar-refractivity contribution < 1.29 is 27.9 Å². The highest BCUT2D eigenvalue weighted by Gasteiger charge is 2.14. The molecule has 8 heteroatoms. The number of aromatic hydroxyl groups is 1. The molecule has 0 heterocycles. The zero-order valence-electron chi connectivity index (χ0n) is 17.6. The van der Waals surface area contributed by atoms with Gasteiger partial charge >= 0.3 is 0 Å². The van der Waals surface area contributed by atoms with Crippen molar-refractivity contribution in [1.82, 2.24) is 0 Å². The van der Waals surface area contributed by atoms with Gasteiger partial charge in [-0.3, -0.25) is 9.59 Å². The predicted octanol–water partition coefficient (Wildman–Crippen LogP) is 4.56. The maximum atomic E-state index is 11.6. The predicted molar refractivity (Wildman–Crippen MR) is 114 cm³/mol. The third kappa shape index (κ3) is 9.25. The van der Waals surface area contributed by atoms with Gasteiger partial charge in [0.05, 0.1) is 6.42 Å².